The van der Waals surface area contributed by atoms with Gasteiger partial charge in [0.2, 0.25) is 0 Å². The molecule has 0 aliphatic heterocycles. The minimum Gasteiger partial charge on any atom is -0.384 e. The molecule has 0 bridgehead atoms. The van der Waals surface area contributed by atoms with E-state index in [0.717, 1.165) is 24.9 Å². The van der Waals surface area contributed by atoms with Gasteiger partial charge < -0.3 is 11.1 Å². The van der Waals surface area contributed by atoms with Crippen molar-refractivity contribution in [3.63, 3.8) is 0 Å². The molecule has 0 fully saturated rings. The molecule has 112 valence electrons. The van der Waals surface area contributed by atoms with Crippen LogP contribution >= 0.6 is 11.6 Å². The SMILES string of the molecule is Nc1cc(NCC2=CCCC=C2)nc(-c2ccccc2Cl)n1. The van der Waals surface area contributed by atoms with E-state index in [1.165, 1.54) is 5.57 Å². The molecule has 1 aliphatic carbocycles. The minimum absolute atomic E-state index is 0.417. The number of rotatable bonds is 4. The number of nitrogen functional groups attached to an aromatic ring is 1. The first-order chi connectivity index (χ1) is 10.7. The van der Waals surface area contributed by atoms with E-state index in [4.69, 9.17) is 17.3 Å². The number of hydrogen-bond donors (Lipinski definition) is 2. The van der Waals surface area contributed by atoms with E-state index in [1.807, 2.05) is 24.3 Å². The van der Waals surface area contributed by atoms with E-state index in [9.17, 15) is 0 Å². The molecule has 1 aromatic carbocycles. The van der Waals surface area contributed by atoms with Crippen molar-refractivity contribution in [2.45, 2.75) is 12.8 Å². The largest absolute Gasteiger partial charge is 0.384 e. The van der Waals surface area contributed by atoms with Crippen LogP contribution < -0.4 is 11.1 Å². The summed E-state index contributed by atoms with van der Waals surface area (Å²) in [6.45, 7) is 0.717. The summed E-state index contributed by atoms with van der Waals surface area (Å²) in [5.41, 5.74) is 7.92. The first kappa shape index (κ1) is 14.6. The number of anilines is 2. The molecule has 4 nitrogen and oxygen atoms in total. The zero-order valence-corrected chi connectivity index (χ0v) is 12.8. The van der Waals surface area contributed by atoms with E-state index in [0.29, 0.717) is 22.5 Å². The molecular formula is C17H17ClN4. The van der Waals surface area contributed by atoms with Crippen molar-refractivity contribution >= 4 is 23.2 Å². The van der Waals surface area contributed by atoms with Gasteiger partial charge in [-0.3, -0.25) is 0 Å². The van der Waals surface area contributed by atoms with Crippen molar-refractivity contribution in [1.29, 1.82) is 0 Å². The third kappa shape index (κ3) is 3.46. The Morgan fingerprint density at radius 1 is 1.18 bits per heavy atom. The van der Waals surface area contributed by atoms with Crippen molar-refractivity contribution in [3.8, 4) is 11.4 Å². The second-order valence-electron chi connectivity index (χ2n) is 5.09. The van der Waals surface area contributed by atoms with E-state index in [2.05, 4.69) is 33.5 Å². The summed E-state index contributed by atoms with van der Waals surface area (Å²) in [5, 5.41) is 3.90. The van der Waals surface area contributed by atoms with Gasteiger partial charge in [0.05, 0.1) is 5.02 Å². The zero-order chi connectivity index (χ0) is 15.4. The molecule has 0 spiro atoms. The van der Waals surface area contributed by atoms with Crippen LogP contribution in [0.5, 0.6) is 0 Å². The molecular weight excluding hydrogens is 296 g/mol. The van der Waals surface area contributed by atoms with Crippen LogP contribution in [0.15, 0.2) is 54.1 Å². The second kappa shape index (κ2) is 6.62. The lowest BCUT2D eigenvalue weighted by atomic mass is 10.1. The lowest BCUT2D eigenvalue weighted by molar-refractivity contribution is 1.00. The fourth-order valence-corrected chi connectivity index (χ4v) is 2.53. The van der Waals surface area contributed by atoms with Gasteiger partial charge in [0, 0.05) is 18.2 Å². The van der Waals surface area contributed by atoms with Crippen LogP contribution in [-0.4, -0.2) is 16.5 Å². The summed E-state index contributed by atoms with van der Waals surface area (Å²) in [4.78, 5) is 8.78. The van der Waals surface area contributed by atoms with Crippen molar-refractivity contribution in [2.24, 2.45) is 0 Å². The van der Waals surface area contributed by atoms with Gasteiger partial charge in [0.15, 0.2) is 5.82 Å². The maximum absolute atomic E-state index is 6.20. The number of nitrogens with zero attached hydrogens (tertiary/aromatic N) is 2. The quantitative estimate of drug-likeness (QED) is 0.893. The number of nitrogens with two attached hydrogens (primary N) is 1. The van der Waals surface area contributed by atoms with Crippen LogP contribution in [0.4, 0.5) is 11.6 Å². The Morgan fingerprint density at radius 3 is 2.82 bits per heavy atom. The Morgan fingerprint density at radius 2 is 2.05 bits per heavy atom. The third-order valence-corrected chi connectivity index (χ3v) is 3.74. The molecule has 0 radical (unpaired) electrons. The van der Waals surface area contributed by atoms with Gasteiger partial charge in [0.25, 0.3) is 0 Å². The van der Waals surface area contributed by atoms with Gasteiger partial charge in [-0.05, 0) is 30.5 Å². The van der Waals surface area contributed by atoms with Crippen molar-refractivity contribution in [3.05, 3.63) is 59.2 Å². The van der Waals surface area contributed by atoms with E-state index in [1.54, 1.807) is 6.07 Å². The number of aromatic nitrogens is 2. The average molecular weight is 313 g/mol. The van der Waals surface area contributed by atoms with Gasteiger partial charge in [-0.1, -0.05) is 42.0 Å². The topological polar surface area (TPSA) is 63.8 Å². The van der Waals surface area contributed by atoms with Crippen LogP contribution in [0.1, 0.15) is 12.8 Å². The Hall–Kier alpha value is -2.33. The average Bonchev–Trinajstić information content (AvgIpc) is 2.54. The standard InChI is InChI=1S/C17H17ClN4/c18-14-9-5-4-8-13(14)17-21-15(19)10-16(22-17)20-11-12-6-2-1-3-7-12/h2,4-10H,1,3,11H2,(H3,19,20,21,22). The summed E-state index contributed by atoms with van der Waals surface area (Å²) in [7, 11) is 0. The maximum Gasteiger partial charge on any atom is 0.165 e. The Bertz CT molecular complexity index is 737. The Kier molecular flexibility index (Phi) is 4.39. The molecule has 1 heterocycles. The van der Waals surface area contributed by atoms with Crippen LogP contribution in [0.3, 0.4) is 0 Å². The molecule has 0 atom stereocenters. The van der Waals surface area contributed by atoms with Crippen molar-refractivity contribution < 1.29 is 0 Å². The van der Waals surface area contributed by atoms with Gasteiger partial charge in [0.1, 0.15) is 11.6 Å². The highest BCUT2D eigenvalue weighted by atomic mass is 35.5. The summed E-state index contributed by atoms with van der Waals surface area (Å²) in [6.07, 6.45) is 8.74. The predicted octanol–water partition coefficient (Wildman–Crippen LogP) is 4.07. The molecule has 0 saturated heterocycles. The van der Waals surface area contributed by atoms with Gasteiger partial charge in [-0.25, -0.2) is 9.97 Å². The Balaban J connectivity index is 1.82. The highest BCUT2D eigenvalue weighted by Crippen LogP contribution is 2.26. The minimum atomic E-state index is 0.417. The lowest BCUT2D eigenvalue weighted by Crippen LogP contribution is -2.08. The number of hydrogen-bond acceptors (Lipinski definition) is 4. The van der Waals surface area contributed by atoms with Crippen molar-refractivity contribution in [2.75, 3.05) is 17.6 Å². The fourth-order valence-electron chi connectivity index (χ4n) is 2.31. The lowest BCUT2D eigenvalue weighted by Gasteiger charge is -2.11. The monoisotopic (exact) mass is 312 g/mol. The molecule has 3 N–H and O–H groups in total. The van der Waals surface area contributed by atoms with Crippen LogP contribution in [0, 0.1) is 0 Å². The molecule has 5 heteroatoms. The van der Waals surface area contributed by atoms with Crippen molar-refractivity contribution in [1.82, 2.24) is 9.97 Å². The van der Waals surface area contributed by atoms with Gasteiger partial charge >= 0.3 is 0 Å². The number of nitrogens with one attached hydrogen (secondary N) is 1. The summed E-state index contributed by atoms with van der Waals surface area (Å²) in [6, 6.07) is 9.20. The number of halogens is 1. The molecule has 3 rings (SSSR count). The smallest absolute Gasteiger partial charge is 0.165 e. The van der Waals surface area contributed by atoms with Crippen LogP contribution in [0.25, 0.3) is 11.4 Å². The predicted molar refractivity (Wildman–Crippen MR) is 91.8 cm³/mol. The fraction of sp³-hybridized carbons (Fsp3) is 0.176. The molecule has 0 amide bonds. The number of benzene rings is 1. The molecule has 0 saturated carbocycles. The highest BCUT2D eigenvalue weighted by Gasteiger charge is 2.09. The summed E-state index contributed by atoms with van der Waals surface area (Å²) >= 11 is 6.20. The molecule has 2 aromatic rings. The highest BCUT2D eigenvalue weighted by molar-refractivity contribution is 6.33. The second-order valence-corrected chi connectivity index (χ2v) is 5.50. The maximum atomic E-state index is 6.20. The molecule has 0 unspecified atom stereocenters. The summed E-state index contributed by atoms with van der Waals surface area (Å²) < 4.78 is 0. The first-order valence-electron chi connectivity index (χ1n) is 7.21. The van der Waals surface area contributed by atoms with E-state index >= 15 is 0 Å². The van der Waals surface area contributed by atoms with Gasteiger partial charge in [-0.15, -0.1) is 0 Å². The normalized spacial score (nSPS) is 13.8. The van der Waals surface area contributed by atoms with Crippen LogP contribution in [0.2, 0.25) is 5.02 Å². The van der Waals surface area contributed by atoms with E-state index in [-0.39, 0.29) is 0 Å². The third-order valence-electron chi connectivity index (χ3n) is 3.41. The Labute approximate surface area is 134 Å². The van der Waals surface area contributed by atoms with Gasteiger partial charge in [-0.2, -0.15) is 0 Å². The molecule has 22 heavy (non-hydrogen) atoms. The molecule has 1 aromatic heterocycles. The molecule has 1 aliphatic rings. The first-order valence-corrected chi connectivity index (χ1v) is 7.59. The zero-order valence-electron chi connectivity index (χ0n) is 12.1. The summed E-state index contributed by atoms with van der Waals surface area (Å²) in [5.74, 6) is 1.64. The van der Waals surface area contributed by atoms with E-state index < -0.39 is 0 Å². The number of allylic oxidation sites excluding steroid dienone is 2. The van der Waals surface area contributed by atoms with Crippen LogP contribution in [-0.2, 0) is 0 Å².